The molecule has 0 bridgehead atoms. The van der Waals surface area contributed by atoms with Gasteiger partial charge in [-0.3, -0.25) is 0 Å². The van der Waals surface area contributed by atoms with Gasteiger partial charge in [0.05, 0.1) is 6.04 Å². The van der Waals surface area contributed by atoms with Gasteiger partial charge in [0.1, 0.15) is 5.60 Å². The summed E-state index contributed by atoms with van der Waals surface area (Å²) in [5, 5.41) is 3.65. The molecule has 0 radical (unpaired) electrons. The molecule has 0 aromatic heterocycles. The fourth-order valence-corrected chi connectivity index (χ4v) is 3.85. The molecular formula is C19H28N2O2. The van der Waals surface area contributed by atoms with Crippen LogP contribution in [-0.2, 0) is 4.74 Å². The molecule has 4 nitrogen and oxygen atoms in total. The summed E-state index contributed by atoms with van der Waals surface area (Å²) in [5.74, 6) is 0.340. The molecular weight excluding hydrogens is 288 g/mol. The van der Waals surface area contributed by atoms with Gasteiger partial charge >= 0.3 is 6.09 Å². The van der Waals surface area contributed by atoms with E-state index in [0.717, 1.165) is 32.4 Å². The summed E-state index contributed by atoms with van der Waals surface area (Å²) >= 11 is 0. The van der Waals surface area contributed by atoms with E-state index in [1.54, 1.807) is 0 Å². The van der Waals surface area contributed by atoms with Crippen molar-refractivity contribution in [3.8, 4) is 0 Å². The van der Waals surface area contributed by atoms with E-state index in [1.807, 2.05) is 31.7 Å². The molecule has 2 fully saturated rings. The number of amides is 1. The molecule has 3 atom stereocenters. The van der Waals surface area contributed by atoms with Gasteiger partial charge in [-0.25, -0.2) is 4.79 Å². The van der Waals surface area contributed by atoms with E-state index in [9.17, 15) is 4.79 Å². The summed E-state index contributed by atoms with van der Waals surface area (Å²) in [5.41, 5.74) is 0.857. The lowest BCUT2D eigenvalue weighted by Gasteiger charge is -2.35. The molecule has 2 saturated heterocycles. The van der Waals surface area contributed by atoms with E-state index in [1.165, 1.54) is 5.56 Å². The minimum absolute atomic E-state index is 0.168. The first-order chi connectivity index (χ1) is 11.0. The van der Waals surface area contributed by atoms with E-state index >= 15 is 0 Å². The Labute approximate surface area is 139 Å². The summed E-state index contributed by atoms with van der Waals surface area (Å²) in [6, 6.07) is 11.1. The molecule has 2 heterocycles. The zero-order chi connectivity index (χ0) is 16.4. The third-order valence-electron chi connectivity index (χ3n) is 4.80. The van der Waals surface area contributed by atoms with Crippen LogP contribution in [0.15, 0.2) is 30.3 Å². The molecule has 3 rings (SSSR count). The summed E-state index contributed by atoms with van der Waals surface area (Å²) in [4.78, 5) is 14.7. The molecule has 1 N–H and O–H groups in total. The fraction of sp³-hybridized carbons (Fsp3) is 0.632. The number of rotatable bonds is 1. The van der Waals surface area contributed by atoms with Crippen molar-refractivity contribution in [2.24, 2.45) is 0 Å². The van der Waals surface area contributed by atoms with Crippen LogP contribution in [0.1, 0.15) is 51.5 Å². The van der Waals surface area contributed by atoms with Crippen molar-refractivity contribution in [3.05, 3.63) is 35.9 Å². The Balaban J connectivity index is 1.86. The van der Waals surface area contributed by atoms with Crippen molar-refractivity contribution < 1.29 is 9.53 Å². The molecule has 4 heteroatoms. The second kappa shape index (κ2) is 6.52. The highest BCUT2D eigenvalue weighted by Crippen LogP contribution is 2.35. The first kappa shape index (κ1) is 16.3. The molecule has 126 valence electrons. The summed E-state index contributed by atoms with van der Waals surface area (Å²) in [6.45, 7) is 7.52. The molecule has 1 aromatic rings. The van der Waals surface area contributed by atoms with Crippen LogP contribution >= 0.6 is 0 Å². The Morgan fingerprint density at radius 3 is 2.65 bits per heavy atom. The zero-order valence-electron chi connectivity index (χ0n) is 14.4. The van der Waals surface area contributed by atoms with Gasteiger partial charge in [0.15, 0.2) is 0 Å². The number of nitrogens with zero attached hydrogens (tertiary/aromatic N) is 1. The third-order valence-corrected chi connectivity index (χ3v) is 4.80. The van der Waals surface area contributed by atoms with Crippen LogP contribution in [0.4, 0.5) is 4.79 Å². The average molecular weight is 316 g/mol. The number of carbonyl (C=O) groups excluding carboxylic acids is 1. The van der Waals surface area contributed by atoms with Crippen molar-refractivity contribution in [2.75, 3.05) is 13.1 Å². The van der Waals surface area contributed by atoms with E-state index in [-0.39, 0.29) is 12.1 Å². The number of ether oxygens (including phenoxy) is 1. The smallest absolute Gasteiger partial charge is 0.410 e. The second-order valence-corrected chi connectivity index (χ2v) is 7.69. The Hall–Kier alpha value is -1.55. The van der Waals surface area contributed by atoms with Gasteiger partial charge in [-0.15, -0.1) is 0 Å². The number of carbonyl (C=O) groups is 1. The van der Waals surface area contributed by atoms with E-state index in [2.05, 4.69) is 29.6 Å². The molecule has 3 unspecified atom stereocenters. The van der Waals surface area contributed by atoms with Crippen LogP contribution in [0.3, 0.4) is 0 Å². The van der Waals surface area contributed by atoms with Crippen molar-refractivity contribution >= 4 is 6.09 Å². The lowest BCUT2D eigenvalue weighted by Crippen LogP contribution is -2.49. The topological polar surface area (TPSA) is 41.6 Å². The second-order valence-electron chi connectivity index (χ2n) is 7.69. The molecule has 1 aromatic carbocycles. The summed E-state index contributed by atoms with van der Waals surface area (Å²) in [7, 11) is 0. The average Bonchev–Trinajstić information content (AvgIpc) is 2.78. The van der Waals surface area contributed by atoms with Crippen LogP contribution in [0.2, 0.25) is 0 Å². The zero-order valence-corrected chi connectivity index (χ0v) is 14.4. The highest BCUT2D eigenvalue weighted by molar-refractivity contribution is 5.69. The lowest BCUT2D eigenvalue weighted by atomic mass is 9.89. The Kier molecular flexibility index (Phi) is 4.62. The predicted octanol–water partition coefficient (Wildman–Crippen LogP) is 3.53. The maximum Gasteiger partial charge on any atom is 0.410 e. The Bertz CT molecular complexity index is 538. The monoisotopic (exact) mass is 316 g/mol. The standard InChI is InChI=1S/C19H28N2O2/c1-19(2,3)23-18(22)21-12-8-7-11-16-17(21)15(13-20-16)14-9-5-4-6-10-14/h4-6,9-10,15-17,20H,7-8,11-13H2,1-3H3. The molecule has 23 heavy (non-hydrogen) atoms. The lowest BCUT2D eigenvalue weighted by molar-refractivity contribution is 0.0148. The number of fused-ring (bicyclic) bond motifs is 1. The van der Waals surface area contributed by atoms with Crippen LogP contribution < -0.4 is 5.32 Å². The van der Waals surface area contributed by atoms with Gasteiger partial charge in [0, 0.05) is 25.0 Å². The molecule has 2 aliphatic rings. The number of benzene rings is 1. The maximum absolute atomic E-state index is 12.8. The van der Waals surface area contributed by atoms with Gasteiger partial charge in [0.25, 0.3) is 0 Å². The molecule has 1 amide bonds. The highest BCUT2D eigenvalue weighted by atomic mass is 16.6. The maximum atomic E-state index is 12.8. The van der Waals surface area contributed by atoms with Crippen LogP contribution in [0.25, 0.3) is 0 Å². The van der Waals surface area contributed by atoms with Gasteiger partial charge in [-0.2, -0.15) is 0 Å². The van der Waals surface area contributed by atoms with E-state index in [4.69, 9.17) is 4.74 Å². The number of hydrogen-bond acceptors (Lipinski definition) is 3. The SMILES string of the molecule is CC(C)(C)OC(=O)N1CCCCC2NCC(c3ccccc3)C21. The number of hydrogen-bond donors (Lipinski definition) is 1. The number of likely N-dealkylation sites (tertiary alicyclic amines) is 1. The minimum atomic E-state index is -0.451. The van der Waals surface area contributed by atoms with E-state index in [0.29, 0.717) is 12.0 Å². The largest absolute Gasteiger partial charge is 0.444 e. The molecule has 2 aliphatic heterocycles. The summed E-state index contributed by atoms with van der Waals surface area (Å²) < 4.78 is 5.68. The fourth-order valence-electron chi connectivity index (χ4n) is 3.85. The van der Waals surface area contributed by atoms with Crippen molar-refractivity contribution in [2.45, 2.75) is 63.6 Å². The third kappa shape index (κ3) is 3.69. The Morgan fingerprint density at radius 1 is 1.22 bits per heavy atom. The van der Waals surface area contributed by atoms with Crippen LogP contribution in [-0.4, -0.2) is 41.8 Å². The van der Waals surface area contributed by atoms with Crippen molar-refractivity contribution in [3.63, 3.8) is 0 Å². The highest BCUT2D eigenvalue weighted by Gasteiger charge is 2.44. The van der Waals surface area contributed by atoms with Crippen molar-refractivity contribution in [1.29, 1.82) is 0 Å². The first-order valence-electron chi connectivity index (χ1n) is 8.74. The predicted molar refractivity (Wildman–Crippen MR) is 91.6 cm³/mol. The van der Waals surface area contributed by atoms with Gasteiger partial charge in [-0.1, -0.05) is 36.8 Å². The minimum Gasteiger partial charge on any atom is -0.444 e. The molecule has 0 saturated carbocycles. The molecule has 0 spiro atoms. The number of nitrogens with one attached hydrogen (secondary N) is 1. The van der Waals surface area contributed by atoms with Gasteiger partial charge < -0.3 is 15.0 Å². The van der Waals surface area contributed by atoms with Crippen LogP contribution in [0, 0.1) is 0 Å². The van der Waals surface area contributed by atoms with Crippen molar-refractivity contribution in [1.82, 2.24) is 10.2 Å². The summed E-state index contributed by atoms with van der Waals surface area (Å²) in [6.07, 6.45) is 3.18. The van der Waals surface area contributed by atoms with Gasteiger partial charge in [-0.05, 0) is 39.2 Å². The van der Waals surface area contributed by atoms with Gasteiger partial charge in [0.2, 0.25) is 0 Å². The Morgan fingerprint density at radius 2 is 1.96 bits per heavy atom. The van der Waals surface area contributed by atoms with E-state index < -0.39 is 5.60 Å². The van der Waals surface area contributed by atoms with Crippen LogP contribution in [0.5, 0.6) is 0 Å². The first-order valence-corrected chi connectivity index (χ1v) is 8.74. The quantitative estimate of drug-likeness (QED) is 0.862. The molecule has 0 aliphatic carbocycles. The normalized spacial score (nSPS) is 28.1.